The van der Waals surface area contributed by atoms with Crippen LogP contribution in [0.2, 0.25) is 0 Å². The first-order chi connectivity index (χ1) is 8.47. The van der Waals surface area contributed by atoms with Crippen molar-refractivity contribution in [2.24, 2.45) is 5.92 Å². The molecule has 1 rings (SSSR count). The molecule has 0 spiro atoms. The van der Waals surface area contributed by atoms with E-state index >= 15 is 0 Å². The number of aliphatic carboxylic acids is 1. The average Bonchev–Trinajstić information content (AvgIpc) is 2.76. The highest BCUT2D eigenvalue weighted by atomic mass is 16.5. The molecule has 1 aliphatic heterocycles. The number of rotatable bonds is 4. The van der Waals surface area contributed by atoms with Crippen molar-refractivity contribution in [2.75, 3.05) is 20.3 Å². The van der Waals surface area contributed by atoms with Gasteiger partial charge >= 0.3 is 12.0 Å². The summed E-state index contributed by atoms with van der Waals surface area (Å²) in [5, 5.41) is 20.1. The van der Waals surface area contributed by atoms with E-state index < -0.39 is 17.9 Å². The molecule has 7 heteroatoms. The van der Waals surface area contributed by atoms with Crippen LogP contribution >= 0.6 is 0 Å². The van der Waals surface area contributed by atoms with Gasteiger partial charge in [-0.25, -0.2) is 4.79 Å². The molecule has 0 aromatic rings. The summed E-state index contributed by atoms with van der Waals surface area (Å²) in [6.45, 7) is 2.06. The van der Waals surface area contributed by atoms with E-state index in [2.05, 4.69) is 5.32 Å². The molecule has 3 atom stereocenters. The van der Waals surface area contributed by atoms with Gasteiger partial charge in [-0.3, -0.25) is 4.79 Å². The minimum absolute atomic E-state index is 0.109. The number of urea groups is 1. The summed E-state index contributed by atoms with van der Waals surface area (Å²) in [4.78, 5) is 24.1. The topological polar surface area (TPSA) is 103 Å². The van der Waals surface area contributed by atoms with Gasteiger partial charge in [0.15, 0.2) is 0 Å². The van der Waals surface area contributed by atoms with Crippen LogP contribution in [0.1, 0.15) is 13.3 Å². The van der Waals surface area contributed by atoms with E-state index in [1.165, 1.54) is 4.90 Å². The molecule has 0 aromatic carbocycles. The summed E-state index contributed by atoms with van der Waals surface area (Å²) >= 11 is 0. The lowest BCUT2D eigenvalue weighted by molar-refractivity contribution is -0.142. The van der Waals surface area contributed by atoms with E-state index in [1.54, 1.807) is 14.0 Å². The number of amides is 2. The summed E-state index contributed by atoms with van der Waals surface area (Å²) in [7, 11) is 1.57. The smallest absolute Gasteiger partial charge is 0.317 e. The standard InChI is InChI=1S/C11H17N3O4/c1-7(3-4-12)14(2)11(17)13-9-6-18-5-8(9)10(15)16/h7-9H,3,5-6H2,1-2H3,(H,13,17)(H,15,16). The monoisotopic (exact) mass is 255 g/mol. The Kier molecular flexibility index (Phi) is 4.92. The molecule has 1 fully saturated rings. The molecule has 0 aromatic heterocycles. The van der Waals surface area contributed by atoms with Crippen LogP contribution in [0.5, 0.6) is 0 Å². The second kappa shape index (κ2) is 6.21. The van der Waals surface area contributed by atoms with Crippen molar-refractivity contribution in [2.45, 2.75) is 25.4 Å². The number of ether oxygens (including phenoxy) is 1. The van der Waals surface area contributed by atoms with Gasteiger partial charge in [-0.15, -0.1) is 0 Å². The zero-order valence-electron chi connectivity index (χ0n) is 10.4. The van der Waals surface area contributed by atoms with Crippen LogP contribution in [0.15, 0.2) is 0 Å². The second-order valence-corrected chi connectivity index (χ2v) is 4.36. The van der Waals surface area contributed by atoms with Gasteiger partial charge in [0.2, 0.25) is 0 Å². The Morgan fingerprint density at radius 1 is 1.61 bits per heavy atom. The van der Waals surface area contributed by atoms with Crippen molar-refractivity contribution < 1.29 is 19.4 Å². The van der Waals surface area contributed by atoms with Gasteiger partial charge in [-0.05, 0) is 6.92 Å². The minimum atomic E-state index is -0.981. The lowest BCUT2D eigenvalue weighted by atomic mass is 10.0. The number of carboxylic acids is 1. The Morgan fingerprint density at radius 3 is 2.83 bits per heavy atom. The Balaban J connectivity index is 2.54. The Bertz CT molecular complexity index is 366. The van der Waals surface area contributed by atoms with Gasteiger partial charge in [0.05, 0.1) is 31.7 Å². The first-order valence-electron chi connectivity index (χ1n) is 5.68. The molecule has 100 valence electrons. The van der Waals surface area contributed by atoms with Gasteiger partial charge in [0.1, 0.15) is 5.92 Å². The third kappa shape index (κ3) is 3.34. The van der Waals surface area contributed by atoms with Crippen LogP contribution in [0, 0.1) is 17.2 Å². The summed E-state index contributed by atoms with van der Waals surface area (Å²) in [5.41, 5.74) is 0. The first kappa shape index (κ1) is 14.3. The van der Waals surface area contributed by atoms with Gasteiger partial charge in [0, 0.05) is 13.1 Å². The van der Waals surface area contributed by atoms with Crippen molar-refractivity contribution in [3.05, 3.63) is 0 Å². The molecule has 1 aliphatic rings. The lowest BCUT2D eigenvalue weighted by Gasteiger charge is -2.26. The van der Waals surface area contributed by atoms with E-state index in [1.807, 2.05) is 6.07 Å². The number of nitriles is 1. The number of nitrogens with zero attached hydrogens (tertiary/aromatic N) is 2. The highest BCUT2D eigenvalue weighted by Crippen LogP contribution is 2.14. The molecular formula is C11H17N3O4. The number of carbonyl (C=O) groups excluding carboxylic acids is 1. The molecule has 0 radical (unpaired) electrons. The minimum Gasteiger partial charge on any atom is -0.481 e. The third-order valence-corrected chi connectivity index (χ3v) is 3.07. The van der Waals surface area contributed by atoms with Crippen LogP contribution in [-0.4, -0.2) is 54.4 Å². The second-order valence-electron chi connectivity index (χ2n) is 4.36. The number of hydrogen-bond acceptors (Lipinski definition) is 4. The molecule has 1 saturated heterocycles. The van der Waals surface area contributed by atoms with Crippen molar-refractivity contribution in [1.82, 2.24) is 10.2 Å². The molecular weight excluding hydrogens is 238 g/mol. The molecule has 0 aliphatic carbocycles. The Labute approximate surface area is 105 Å². The molecule has 18 heavy (non-hydrogen) atoms. The van der Waals surface area contributed by atoms with E-state index in [4.69, 9.17) is 15.1 Å². The normalized spacial score (nSPS) is 24.1. The number of hydrogen-bond donors (Lipinski definition) is 2. The SMILES string of the molecule is CC(CC#N)N(C)C(=O)NC1COCC1C(=O)O. The third-order valence-electron chi connectivity index (χ3n) is 3.07. The Hall–Kier alpha value is -1.81. The van der Waals surface area contributed by atoms with Crippen LogP contribution in [0.25, 0.3) is 0 Å². The number of nitrogens with one attached hydrogen (secondary N) is 1. The van der Waals surface area contributed by atoms with Crippen LogP contribution in [-0.2, 0) is 9.53 Å². The van der Waals surface area contributed by atoms with Crippen molar-refractivity contribution in [3.63, 3.8) is 0 Å². The fraction of sp³-hybridized carbons (Fsp3) is 0.727. The van der Waals surface area contributed by atoms with E-state index in [-0.39, 0.29) is 31.7 Å². The predicted octanol–water partition coefficient (Wildman–Crippen LogP) is 0.0296. The maximum absolute atomic E-state index is 11.8. The fourth-order valence-electron chi connectivity index (χ4n) is 1.67. The van der Waals surface area contributed by atoms with E-state index in [0.29, 0.717) is 0 Å². The molecule has 1 heterocycles. The molecule has 0 saturated carbocycles. The zero-order valence-corrected chi connectivity index (χ0v) is 10.4. The highest BCUT2D eigenvalue weighted by Gasteiger charge is 2.35. The highest BCUT2D eigenvalue weighted by molar-refractivity contribution is 5.77. The van der Waals surface area contributed by atoms with Crippen molar-refractivity contribution in [1.29, 1.82) is 5.26 Å². The molecule has 7 nitrogen and oxygen atoms in total. The number of carbonyl (C=O) groups is 2. The van der Waals surface area contributed by atoms with Gasteiger partial charge < -0.3 is 20.1 Å². The van der Waals surface area contributed by atoms with Gasteiger partial charge in [-0.2, -0.15) is 5.26 Å². The Morgan fingerprint density at radius 2 is 2.28 bits per heavy atom. The van der Waals surface area contributed by atoms with E-state index in [9.17, 15) is 9.59 Å². The maximum atomic E-state index is 11.8. The largest absolute Gasteiger partial charge is 0.481 e. The molecule has 2 N–H and O–H groups in total. The molecule has 2 amide bonds. The maximum Gasteiger partial charge on any atom is 0.317 e. The molecule has 3 unspecified atom stereocenters. The number of carboxylic acid groups (broad SMARTS) is 1. The van der Waals surface area contributed by atoms with Crippen molar-refractivity contribution >= 4 is 12.0 Å². The fourth-order valence-corrected chi connectivity index (χ4v) is 1.67. The summed E-state index contributed by atoms with van der Waals surface area (Å²) in [5.74, 6) is -1.70. The van der Waals surface area contributed by atoms with Gasteiger partial charge in [-0.1, -0.05) is 0 Å². The van der Waals surface area contributed by atoms with Crippen LogP contribution in [0.3, 0.4) is 0 Å². The van der Waals surface area contributed by atoms with Gasteiger partial charge in [0.25, 0.3) is 0 Å². The summed E-state index contributed by atoms with van der Waals surface area (Å²) in [6.07, 6.45) is 0.230. The first-order valence-corrected chi connectivity index (χ1v) is 5.68. The summed E-state index contributed by atoms with van der Waals surface area (Å²) < 4.78 is 5.05. The summed E-state index contributed by atoms with van der Waals surface area (Å²) in [6, 6.07) is 0.851. The molecule has 0 bridgehead atoms. The predicted molar refractivity (Wildman–Crippen MR) is 61.7 cm³/mol. The van der Waals surface area contributed by atoms with Crippen molar-refractivity contribution in [3.8, 4) is 6.07 Å². The lowest BCUT2D eigenvalue weighted by Crippen LogP contribution is -2.49. The average molecular weight is 255 g/mol. The zero-order chi connectivity index (χ0) is 13.7. The quantitative estimate of drug-likeness (QED) is 0.737. The van der Waals surface area contributed by atoms with Crippen LogP contribution < -0.4 is 5.32 Å². The van der Waals surface area contributed by atoms with E-state index in [0.717, 1.165) is 0 Å². The van der Waals surface area contributed by atoms with Crippen LogP contribution in [0.4, 0.5) is 4.79 Å².